The lowest BCUT2D eigenvalue weighted by Crippen LogP contribution is -2.39. The molecule has 0 aromatic heterocycles. The highest BCUT2D eigenvalue weighted by atomic mass is 14.9. The second-order valence-corrected chi connectivity index (χ2v) is 4.22. The molecule has 1 rings (SSSR count). The van der Waals surface area contributed by atoms with Gasteiger partial charge < -0.3 is 11.1 Å². The van der Waals surface area contributed by atoms with E-state index < -0.39 is 0 Å². The van der Waals surface area contributed by atoms with Crippen molar-refractivity contribution >= 4 is 0 Å². The van der Waals surface area contributed by atoms with Gasteiger partial charge in [0.05, 0.1) is 0 Å². The zero-order chi connectivity index (χ0) is 9.52. The van der Waals surface area contributed by atoms with Gasteiger partial charge in [-0.1, -0.05) is 32.6 Å². The van der Waals surface area contributed by atoms with Crippen molar-refractivity contribution < 1.29 is 0 Å². The molecule has 2 nitrogen and oxygen atoms in total. The third-order valence-electron chi connectivity index (χ3n) is 3.14. The van der Waals surface area contributed by atoms with Gasteiger partial charge in [-0.2, -0.15) is 0 Å². The minimum atomic E-state index is 0.387. The Morgan fingerprint density at radius 2 is 1.85 bits per heavy atom. The minimum Gasteiger partial charge on any atom is -0.326 e. The van der Waals surface area contributed by atoms with E-state index in [1.165, 1.54) is 38.5 Å². The summed E-state index contributed by atoms with van der Waals surface area (Å²) in [5.41, 5.74) is 6.14. The molecular formula is C11H24N2. The lowest BCUT2D eigenvalue weighted by Gasteiger charge is -2.22. The first kappa shape index (κ1) is 11.0. The van der Waals surface area contributed by atoms with Crippen LogP contribution < -0.4 is 11.1 Å². The Bertz CT molecular complexity index is 117. The van der Waals surface area contributed by atoms with Crippen LogP contribution in [0.2, 0.25) is 0 Å². The van der Waals surface area contributed by atoms with Crippen molar-refractivity contribution in [2.45, 2.75) is 51.5 Å². The second-order valence-electron chi connectivity index (χ2n) is 4.22. The summed E-state index contributed by atoms with van der Waals surface area (Å²) in [5, 5.41) is 3.34. The van der Waals surface area contributed by atoms with Crippen molar-refractivity contribution in [3.63, 3.8) is 0 Å². The van der Waals surface area contributed by atoms with Crippen molar-refractivity contribution in [3.8, 4) is 0 Å². The summed E-state index contributed by atoms with van der Waals surface area (Å²) in [5.74, 6) is 0.779. The minimum absolute atomic E-state index is 0.387. The van der Waals surface area contributed by atoms with Gasteiger partial charge in [-0.25, -0.2) is 0 Å². The molecule has 0 spiro atoms. The molecule has 0 aromatic carbocycles. The van der Waals surface area contributed by atoms with Crippen molar-refractivity contribution in [2.75, 3.05) is 13.1 Å². The highest BCUT2D eigenvalue weighted by Gasteiger charge is 2.18. The molecule has 0 bridgehead atoms. The molecule has 1 unspecified atom stereocenters. The Hall–Kier alpha value is -0.0800. The Morgan fingerprint density at radius 1 is 1.23 bits per heavy atom. The van der Waals surface area contributed by atoms with E-state index in [4.69, 9.17) is 5.73 Å². The van der Waals surface area contributed by atoms with Gasteiger partial charge in [-0.05, 0) is 25.3 Å². The molecule has 78 valence electrons. The van der Waals surface area contributed by atoms with Crippen molar-refractivity contribution in [3.05, 3.63) is 0 Å². The second kappa shape index (κ2) is 6.39. The molecule has 0 radical (unpaired) electrons. The van der Waals surface area contributed by atoms with Gasteiger partial charge >= 0.3 is 0 Å². The quantitative estimate of drug-likeness (QED) is 0.655. The molecule has 1 atom stereocenters. The van der Waals surface area contributed by atoms with Crippen LogP contribution in [-0.2, 0) is 0 Å². The maximum atomic E-state index is 6.14. The van der Waals surface area contributed by atoms with Crippen LogP contribution in [0.25, 0.3) is 0 Å². The van der Waals surface area contributed by atoms with Crippen molar-refractivity contribution in [2.24, 2.45) is 11.7 Å². The number of nitrogens with one attached hydrogen (secondary N) is 1. The first-order valence-electron chi connectivity index (χ1n) is 5.81. The van der Waals surface area contributed by atoms with E-state index in [0.29, 0.717) is 6.04 Å². The number of hydrogen-bond donors (Lipinski definition) is 2. The summed E-state index contributed by atoms with van der Waals surface area (Å²) in [4.78, 5) is 0. The van der Waals surface area contributed by atoms with Crippen LogP contribution in [0.4, 0.5) is 0 Å². The standard InChI is InChI=1S/C11H24N2/c1-2-13-9-11(12)10-7-5-3-4-6-8-10/h10-11,13H,2-9,12H2,1H3. The summed E-state index contributed by atoms with van der Waals surface area (Å²) in [7, 11) is 0. The van der Waals surface area contributed by atoms with Gasteiger partial charge in [0.1, 0.15) is 0 Å². The van der Waals surface area contributed by atoms with E-state index >= 15 is 0 Å². The van der Waals surface area contributed by atoms with Gasteiger partial charge in [0.2, 0.25) is 0 Å². The average molecular weight is 184 g/mol. The molecule has 0 heterocycles. The lowest BCUT2D eigenvalue weighted by molar-refractivity contribution is 0.363. The van der Waals surface area contributed by atoms with Crippen LogP contribution in [0.5, 0.6) is 0 Å². The molecule has 0 saturated heterocycles. The molecule has 13 heavy (non-hydrogen) atoms. The summed E-state index contributed by atoms with van der Waals surface area (Å²) >= 11 is 0. The Morgan fingerprint density at radius 3 is 2.38 bits per heavy atom. The third-order valence-corrected chi connectivity index (χ3v) is 3.14. The van der Waals surface area contributed by atoms with Crippen LogP contribution in [0, 0.1) is 5.92 Å². The zero-order valence-electron chi connectivity index (χ0n) is 8.89. The largest absolute Gasteiger partial charge is 0.326 e. The smallest absolute Gasteiger partial charge is 0.0193 e. The molecule has 1 aliphatic rings. The van der Waals surface area contributed by atoms with Crippen molar-refractivity contribution in [1.82, 2.24) is 5.32 Å². The SMILES string of the molecule is CCNCC(N)C1CCCCCC1. The lowest BCUT2D eigenvalue weighted by atomic mass is 9.92. The predicted octanol–water partition coefficient (Wildman–Crippen LogP) is 1.89. The summed E-state index contributed by atoms with van der Waals surface area (Å²) in [6.45, 7) is 4.18. The van der Waals surface area contributed by atoms with Crippen molar-refractivity contribution in [1.29, 1.82) is 0 Å². The van der Waals surface area contributed by atoms with Gasteiger partial charge in [0.25, 0.3) is 0 Å². The van der Waals surface area contributed by atoms with Crippen LogP contribution in [0.15, 0.2) is 0 Å². The molecule has 1 aliphatic carbocycles. The molecule has 1 saturated carbocycles. The summed E-state index contributed by atoms with van der Waals surface area (Å²) in [6, 6.07) is 0.387. The number of hydrogen-bond acceptors (Lipinski definition) is 2. The Kier molecular flexibility index (Phi) is 5.40. The number of likely N-dealkylation sites (N-methyl/N-ethyl adjacent to an activating group) is 1. The van der Waals surface area contributed by atoms with E-state index in [2.05, 4.69) is 12.2 Å². The molecule has 0 aliphatic heterocycles. The molecular weight excluding hydrogens is 160 g/mol. The fourth-order valence-corrected chi connectivity index (χ4v) is 2.22. The monoisotopic (exact) mass is 184 g/mol. The molecule has 0 amide bonds. The fourth-order valence-electron chi connectivity index (χ4n) is 2.22. The van der Waals surface area contributed by atoms with E-state index in [0.717, 1.165) is 19.0 Å². The van der Waals surface area contributed by atoms with E-state index in [1.54, 1.807) is 0 Å². The van der Waals surface area contributed by atoms with Gasteiger partial charge in [0, 0.05) is 12.6 Å². The van der Waals surface area contributed by atoms with Gasteiger partial charge in [-0.3, -0.25) is 0 Å². The highest BCUT2D eigenvalue weighted by Crippen LogP contribution is 2.24. The van der Waals surface area contributed by atoms with Crippen LogP contribution >= 0.6 is 0 Å². The van der Waals surface area contributed by atoms with E-state index in [9.17, 15) is 0 Å². The molecule has 0 aromatic rings. The summed E-state index contributed by atoms with van der Waals surface area (Å²) < 4.78 is 0. The van der Waals surface area contributed by atoms with Crippen LogP contribution in [0.1, 0.15) is 45.4 Å². The Balaban J connectivity index is 2.22. The molecule has 2 heteroatoms. The zero-order valence-corrected chi connectivity index (χ0v) is 8.89. The molecule has 1 fully saturated rings. The fraction of sp³-hybridized carbons (Fsp3) is 1.00. The first-order chi connectivity index (χ1) is 6.34. The Labute approximate surface area is 82.3 Å². The van der Waals surface area contributed by atoms with Crippen LogP contribution in [-0.4, -0.2) is 19.1 Å². The highest BCUT2D eigenvalue weighted by molar-refractivity contribution is 4.76. The van der Waals surface area contributed by atoms with Crippen LogP contribution in [0.3, 0.4) is 0 Å². The molecule has 3 N–H and O–H groups in total. The topological polar surface area (TPSA) is 38.0 Å². The first-order valence-corrected chi connectivity index (χ1v) is 5.81. The summed E-state index contributed by atoms with van der Waals surface area (Å²) in [6.07, 6.45) is 8.34. The predicted molar refractivity (Wildman–Crippen MR) is 57.7 cm³/mol. The maximum Gasteiger partial charge on any atom is 0.0193 e. The number of rotatable bonds is 4. The average Bonchev–Trinajstić information content (AvgIpc) is 2.42. The normalized spacial score (nSPS) is 22.6. The third kappa shape index (κ3) is 4.10. The van der Waals surface area contributed by atoms with Gasteiger partial charge in [0.15, 0.2) is 0 Å². The van der Waals surface area contributed by atoms with E-state index in [-0.39, 0.29) is 0 Å². The van der Waals surface area contributed by atoms with Gasteiger partial charge in [-0.15, -0.1) is 0 Å². The van der Waals surface area contributed by atoms with E-state index in [1.807, 2.05) is 0 Å². The maximum absolute atomic E-state index is 6.14. The number of nitrogens with two attached hydrogens (primary N) is 1.